The van der Waals surface area contributed by atoms with E-state index in [0.717, 1.165) is 46.3 Å². The van der Waals surface area contributed by atoms with Crippen molar-refractivity contribution in [3.05, 3.63) is 120 Å². The van der Waals surface area contributed by atoms with Crippen LogP contribution in [0.5, 0.6) is 0 Å². The molecule has 4 aromatic carbocycles. The van der Waals surface area contributed by atoms with Gasteiger partial charge in [0.05, 0.1) is 11.3 Å². The largest absolute Gasteiger partial charge is 2.00 e. The minimum Gasteiger partial charge on any atom is -0.340 e. The van der Waals surface area contributed by atoms with Crippen LogP contribution in [0.25, 0.3) is 54.6 Å². The first kappa shape index (κ1) is 24.1. The van der Waals surface area contributed by atoms with Crippen LogP contribution in [0, 0.1) is 26.0 Å². The van der Waals surface area contributed by atoms with Gasteiger partial charge in [-0.05, 0) is 49.6 Å². The zero-order chi connectivity index (χ0) is 25.4. The Morgan fingerprint density at radius 1 is 0.615 bits per heavy atom. The Balaban J connectivity index is 0.00000253. The Kier molecular flexibility index (Phi) is 5.57. The van der Waals surface area contributed by atoms with Gasteiger partial charge in [-0.15, -0.1) is 59.3 Å². The SMILES string of the molecule is Cc1ccc2c(c1)c1ccc[c-]c1c1nc(CCc3cn4c5ccc(C)cc5c5ccc[c-]c5c4n3)cn21.[Pt+2]. The summed E-state index contributed by atoms with van der Waals surface area (Å²) >= 11 is 0. The van der Waals surface area contributed by atoms with E-state index >= 15 is 0 Å². The summed E-state index contributed by atoms with van der Waals surface area (Å²) in [7, 11) is 0. The monoisotopic (exact) mass is 683 g/mol. The van der Waals surface area contributed by atoms with Crippen LogP contribution in [0.2, 0.25) is 0 Å². The van der Waals surface area contributed by atoms with E-state index in [2.05, 4.69) is 108 Å². The maximum Gasteiger partial charge on any atom is 2.00 e. The van der Waals surface area contributed by atoms with Gasteiger partial charge in [0.1, 0.15) is 0 Å². The fourth-order valence-electron chi connectivity index (χ4n) is 5.92. The molecule has 39 heavy (non-hydrogen) atoms. The molecule has 0 unspecified atom stereocenters. The number of aromatic nitrogens is 4. The van der Waals surface area contributed by atoms with E-state index < -0.39 is 0 Å². The van der Waals surface area contributed by atoms with Crippen LogP contribution in [0.3, 0.4) is 0 Å². The third-order valence-electron chi connectivity index (χ3n) is 7.71. The van der Waals surface area contributed by atoms with E-state index in [1.165, 1.54) is 43.7 Å². The van der Waals surface area contributed by atoms with E-state index in [-0.39, 0.29) is 21.1 Å². The molecule has 0 saturated carbocycles. The Morgan fingerprint density at radius 3 is 1.54 bits per heavy atom. The molecule has 4 aromatic heterocycles. The van der Waals surface area contributed by atoms with Crippen LogP contribution in [0.15, 0.2) is 85.2 Å². The maximum atomic E-state index is 5.08. The average Bonchev–Trinajstić information content (AvgIpc) is 3.57. The number of benzene rings is 4. The normalized spacial score (nSPS) is 11.8. The molecule has 0 aliphatic rings. The molecule has 0 radical (unpaired) electrons. The summed E-state index contributed by atoms with van der Waals surface area (Å²) in [6.45, 7) is 4.28. The molecule has 4 heterocycles. The molecule has 8 rings (SSSR count). The second-order valence-corrected chi connectivity index (χ2v) is 10.3. The molecule has 0 fully saturated rings. The molecule has 0 aliphatic carbocycles. The van der Waals surface area contributed by atoms with Gasteiger partial charge in [0.25, 0.3) is 0 Å². The summed E-state index contributed by atoms with van der Waals surface area (Å²) in [5, 5.41) is 6.99. The molecule has 5 heteroatoms. The third kappa shape index (κ3) is 3.70. The molecule has 0 bridgehead atoms. The molecule has 0 aliphatic heterocycles. The number of hydrogen-bond donors (Lipinski definition) is 0. The van der Waals surface area contributed by atoms with Crippen molar-refractivity contribution >= 4 is 54.6 Å². The molecule has 4 nitrogen and oxygen atoms in total. The van der Waals surface area contributed by atoms with Crippen LogP contribution in [-0.4, -0.2) is 18.8 Å². The standard InChI is InChI=1S/C34H24N4.Pt/c1-21-11-15-31-29(17-21)25-7-3-5-9-27(25)33-35-23(19-37(31)33)13-14-24-20-38-32-16-12-22(2)18-30(32)26-8-4-6-10-28(26)34(38)36-24;/h3-8,11-12,15-20H,13-14H2,1-2H3;/q-2;+2. The number of fused-ring (bicyclic) bond motifs is 12. The van der Waals surface area contributed by atoms with Crippen molar-refractivity contribution in [3.8, 4) is 0 Å². The number of hydrogen-bond acceptors (Lipinski definition) is 2. The molecule has 8 aromatic rings. The van der Waals surface area contributed by atoms with Crippen molar-refractivity contribution in [2.75, 3.05) is 0 Å². The molecule has 0 amide bonds. The zero-order valence-corrected chi connectivity index (χ0v) is 23.9. The van der Waals surface area contributed by atoms with Gasteiger partial charge in [0.15, 0.2) is 0 Å². The van der Waals surface area contributed by atoms with Gasteiger partial charge in [-0.2, -0.15) is 0 Å². The first-order valence-corrected chi connectivity index (χ1v) is 13.1. The fraction of sp³-hybridized carbons (Fsp3) is 0.118. The molecule has 0 spiro atoms. The Hall–Kier alpha value is -4.01. The van der Waals surface area contributed by atoms with Crippen molar-refractivity contribution < 1.29 is 21.1 Å². The predicted octanol–water partition coefficient (Wildman–Crippen LogP) is 7.59. The number of rotatable bonds is 3. The summed E-state index contributed by atoms with van der Waals surface area (Å²) in [5.74, 6) is 0. The number of imidazole rings is 2. The van der Waals surface area contributed by atoms with Gasteiger partial charge in [-0.3, -0.25) is 9.97 Å². The first-order valence-electron chi connectivity index (χ1n) is 13.1. The van der Waals surface area contributed by atoms with Gasteiger partial charge < -0.3 is 8.80 Å². The van der Waals surface area contributed by atoms with Crippen LogP contribution in [-0.2, 0) is 33.9 Å². The zero-order valence-electron chi connectivity index (χ0n) is 21.6. The second-order valence-electron chi connectivity index (χ2n) is 10.3. The molecular weight excluding hydrogens is 659 g/mol. The second kappa shape index (κ2) is 9.03. The van der Waals surface area contributed by atoms with Gasteiger partial charge in [-0.25, -0.2) is 0 Å². The summed E-state index contributed by atoms with van der Waals surface area (Å²) in [5.41, 5.74) is 8.90. The van der Waals surface area contributed by atoms with Crippen molar-refractivity contribution in [1.82, 2.24) is 18.8 Å². The Bertz CT molecular complexity index is 2060. The number of nitrogens with zero attached hydrogens (tertiary/aromatic N) is 4. The van der Waals surface area contributed by atoms with E-state index in [1.807, 2.05) is 12.1 Å². The Morgan fingerprint density at radius 2 is 1.08 bits per heavy atom. The summed E-state index contributed by atoms with van der Waals surface area (Å²) in [6.07, 6.45) is 5.99. The van der Waals surface area contributed by atoms with Crippen LogP contribution >= 0.6 is 0 Å². The van der Waals surface area contributed by atoms with E-state index in [1.54, 1.807) is 0 Å². The maximum absolute atomic E-state index is 5.08. The molecule has 190 valence electrons. The fourth-order valence-corrected chi connectivity index (χ4v) is 5.92. The average molecular weight is 684 g/mol. The topological polar surface area (TPSA) is 34.6 Å². The minimum absolute atomic E-state index is 0. The quantitative estimate of drug-likeness (QED) is 0.142. The number of aryl methyl sites for hydroxylation is 4. The minimum atomic E-state index is 0. The van der Waals surface area contributed by atoms with Gasteiger partial charge in [0, 0.05) is 34.8 Å². The molecular formula is C34H24N4Pt. The van der Waals surface area contributed by atoms with E-state index in [0.29, 0.717) is 0 Å². The van der Waals surface area contributed by atoms with Crippen molar-refractivity contribution in [1.29, 1.82) is 0 Å². The number of pyridine rings is 2. The van der Waals surface area contributed by atoms with Crippen molar-refractivity contribution in [2.45, 2.75) is 26.7 Å². The van der Waals surface area contributed by atoms with Crippen molar-refractivity contribution in [3.63, 3.8) is 0 Å². The van der Waals surface area contributed by atoms with Crippen LogP contribution < -0.4 is 0 Å². The Labute approximate surface area is 240 Å². The molecule has 0 atom stereocenters. The smallest absolute Gasteiger partial charge is 0.340 e. The summed E-state index contributed by atoms with van der Waals surface area (Å²) in [4.78, 5) is 10.2. The summed E-state index contributed by atoms with van der Waals surface area (Å²) in [6, 6.07) is 32.6. The first-order chi connectivity index (χ1) is 18.6. The van der Waals surface area contributed by atoms with Gasteiger partial charge in [-0.1, -0.05) is 46.2 Å². The van der Waals surface area contributed by atoms with Crippen LogP contribution in [0.1, 0.15) is 22.5 Å². The molecule has 0 saturated heterocycles. The van der Waals surface area contributed by atoms with Crippen molar-refractivity contribution in [2.24, 2.45) is 0 Å². The van der Waals surface area contributed by atoms with E-state index in [9.17, 15) is 0 Å². The predicted molar refractivity (Wildman–Crippen MR) is 155 cm³/mol. The van der Waals surface area contributed by atoms with Gasteiger partial charge >= 0.3 is 21.1 Å². The third-order valence-corrected chi connectivity index (χ3v) is 7.71. The summed E-state index contributed by atoms with van der Waals surface area (Å²) < 4.78 is 4.45. The van der Waals surface area contributed by atoms with Gasteiger partial charge in [0.2, 0.25) is 0 Å². The van der Waals surface area contributed by atoms with E-state index in [4.69, 9.17) is 9.97 Å². The van der Waals surface area contributed by atoms with Crippen LogP contribution in [0.4, 0.5) is 0 Å². The molecule has 0 N–H and O–H groups in total.